The molecule has 1 aromatic carbocycles. The van der Waals surface area contributed by atoms with Crippen molar-refractivity contribution in [3.05, 3.63) is 40.2 Å². The number of nitrogens with zero attached hydrogens (tertiary/aromatic N) is 3. The topological polar surface area (TPSA) is 78.4 Å². The number of aryl methyl sites for hydroxylation is 1. The fourth-order valence-corrected chi connectivity index (χ4v) is 3.07. The highest BCUT2D eigenvalue weighted by Crippen LogP contribution is 2.20. The molecular weight excluding hydrogens is 331 g/mol. The number of anilines is 1. The van der Waals surface area contributed by atoms with Crippen molar-refractivity contribution in [3.8, 4) is 0 Å². The van der Waals surface area contributed by atoms with E-state index in [0.29, 0.717) is 23.1 Å². The summed E-state index contributed by atoms with van der Waals surface area (Å²) in [6, 6.07) is 4.50. The number of hydrogen-bond donors (Lipinski definition) is 2. The molecule has 0 saturated heterocycles. The van der Waals surface area contributed by atoms with Crippen molar-refractivity contribution < 1.29 is 14.3 Å². The standard InChI is InChI=1S/C16H21FN4O2S/c1-4-21(9-11(3)22)16(23)18-15-20-19-14(24-15)8-12-5-10(2)6-13(17)7-12/h5-7,11,22H,4,8-9H2,1-3H3,(H,18,20,23)/t11-/m0/s1. The van der Waals surface area contributed by atoms with Gasteiger partial charge in [-0.05, 0) is 44.0 Å². The first-order valence-corrected chi connectivity index (χ1v) is 8.51. The Hall–Kier alpha value is -2.06. The molecule has 0 spiro atoms. The monoisotopic (exact) mass is 352 g/mol. The fourth-order valence-electron chi connectivity index (χ4n) is 2.31. The molecule has 1 atom stereocenters. The summed E-state index contributed by atoms with van der Waals surface area (Å²) in [5.74, 6) is -0.278. The van der Waals surface area contributed by atoms with E-state index in [9.17, 15) is 14.3 Å². The summed E-state index contributed by atoms with van der Waals surface area (Å²) in [7, 11) is 0. The number of carbonyl (C=O) groups is 1. The van der Waals surface area contributed by atoms with Gasteiger partial charge in [0.1, 0.15) is 10.8 Å². The largest absolute Gasteiger partial charge is 0.392 e. The van der Waals surface area contributed by atoms with E-state index in [1.165, 1.54) is 28.4 Å². The highest BCUT2D eigenvalue weighted by Gasteiger charge is 2.16. The van der Waals surface area contributed by atoms with Crippen LogP contribution in [0.3, 0.4) is 0 Å². The van der Waals surface area contributed by atoms with Crippen LogP contribution >= 0.6 is 11.3 Å². The lowest BCUT2D eigenvalue weighted by Crippen LogP contribution is -2.39. The number of halogens is 1. The van der Waals surface area contributed by atoms with Crippen LogP contribution in [-0.4, -0.2) is 45.4 Å². The van der Waals surface area contributed by atoms with E-state index in [4.69, 9.17) is 0 Å². The van der Waals surface area contributed by atoms with Crippen molar-refractivity contribution in [2.45, 2.75) is 33.3 Å². The Morgan fingerprint density at radius 1 is 1.42 bits per heavy atom. The van der Waals surface area contributed by atoms with Gasteiger partial charge >= 0.3 is 6.03 Å². The number of aliphatic hydroxyl groups excluding tert-OH is 1. The second kappa shape index (κ2) is 8.16. The van der Waals surface area contributed by atoms with Crippen molar-refractivity contribution in [1.29, 1.82) is 0 Å². The molecule has 0 bridgehead atoms. The van der Waals surface area contributed by atoms with Crippen LogP contribution in [-0.2, 0) is 6.42 Å². The molecule has 24 heavy (non-hydrogen) atoms. The number of carbonyl (C=O) groups excluding carboxylic acids is 1. The Morgan fingerprint density at radius 2 is 2.17 bits per heavy atom. The van der Waals surface area contributed by atoms with Gasteiger partial charge in [-0.3, -0.25) is 5.32 Å². The molecule has 0 aliphatic heterocycles. The number of rotatable bonds is 6. The highest BCUT2D eigenvalue weighted by atomic mass is 32.1. The van der Waals surface area contributed by atoms with Crippen molar-refractivity contribution >= 4 is 22.5 Å². The number of aliphatic hydroxyl groups is 1. The molecule has 2 N–H and O–H groups in total. The zero-order valence-corrected chi connectivity index (χ0v) is 14.7. The van der Waals surface area contributed by atoms with E-state index >= 15 is 0 Å². The average Bonchev–Trinajstić information content (AvgIpc) is 2.90. The van der Waals surface area contributed by atoms with E-state index in [1.54, 1.807) is 6.92 Å². The summed E-state index contributed by atoms with van der Waals surface area (Å²) in [6.07, 6.45) is -0.144. The second-order valence-electron chi connectivity index (χ2n) is 5.63. The Bertz CT molecular complexity index is 685. The third-order valence-electron chi connectivity index (χ3n) is 3.29. The maximum absolute atomic E-state index is 13.4. The van der Waals surface area contributed by atoms with E-state index in [0.717, 1.165) is 11.1 Å². The van der Waals surface area contributed by atoms with E-state index in [2.05, 4.69) is 15.5 Å². The van der Waals surface area contributed by atoms with Crippen molar-refractivity contribution in [1.82, 2.24) is 15.1 Å². The molecule has 0 fully saturated rings. The molecule has 0 radical (unpaired) electrons. The summed E-state index contributed by atoms with van der Waals surface area (Å²) in [4.78, 5) is 13.6. The minimum Gasteiger partial charge on any atom is -0.392 e. The van der Waals surface area contributed by atoms with Crippen LogP contribution in [0.25, 0.3) is 0 Å². The van der Waals surface area contributed by atoms with Crippen molar-refractivity contribution in [2.24, 2.45) is 0 Å². The zero-order chi connectivity index (χ0) is 17.7. The van der Waals surface area contributed by atoms with Gasteiger partial charge in [-0.25, -0.2) is 9.18 Å². The maximum Gasteiger partial charge on any atom is 0.323 e. The zero-order valence-electron chi connectivity index (χ0n) is 13.9. The van der Waals surface area contributed by atoms with Gasteiger partial charge in [-0.15, -0.1) is 10.2 Å². The number of amides is 2. The first-order valence-electron chi connectivity index (χ1n) is 7.69. The smallest absolute Gasteiger partial charge is 0.323 e. The number of urea groups is 1. The van der Waals surface area contributed by atoms with E-state index in [1.807, 2.05) is 19.9 Å². The average molecular weight is 352 g/mol. The molecular formula is C16H21FN4O2S. The minimum atomic E-state index is -0.600. The minimum absolute atomic E-state index is 0.247. The molecule has 1 aromatic heterocycles. The van der Waals surface area contributed by atoms with Crippen molar-refractivity contribution in [2.75, 3.05) is 18.4 Å². The van der Waals surface area contributed by atoms with Crippen LogP contribution in [0, 0.1) is 12.7 Å². The van der Waals surface area contributed by atoms with Crippen LogP contribution in [0.1, 0.15) is 30.0 Å². The number of nitrogens with one attached hydrogen (secondary N) is 1. The molecule has 0 saturated carbocycles. The summed E-state index contributed by atoms with van der Waals surface area (Å²) < 4.78 is 13.4. The van der Waals surface area contributed by atoms with Crippen LogP contribution in [0.5, 0.6) is 0 Å². The lowest BCUT2D eigenvalue weighted by Gasteiger charge is -2.21. The third kappa shape index (κ3) is 5.24. The molecule has 0 unspecified atom stereocenters. The molecule has 2 amide bonds. The van der Waals surface area contributed by atoms with Crippen LogP contribution in [0.2, 0.25) is 0 Å². The normalized spacial score (nSPS) is 12.0. The summed E-state index contributed by atoms with van der Waals surface area (Å²) >= 11 is 1.25. The Labute approximate surface area is 144 Å². The highest BCUT2D eigenvalue weighted by molar-refractivity contribution is 7.15. The van der Waals surface area contributed by atoms with Gasteiger partial charge in [0.2, 0.25) is 5.13 Å². The molecule has 0 aliphatic rings. The summed E-state index contributed by atoms with van der Waals surface area (Å²) in [5.41, 5.74) is 1.66. The molecule has 8 heteroatoms. The second-order valence-corrected chi connectivity index (χ2v) is 6.69. The molecule has 0 aliphatic carbocycles. The number of likely N-dealkylation sites (N-methyl/N-ethyl adjacent to an activating group) is 1. The van der Waals surface area contributed by atoms with E-state index < -0.39 is 6.10 Å². The molecule has 2 rings (SSSR count). The Kier molecular flexibility index (Phi) is 6.22. The van der Waals surface area contributed by atoms with Gasteiger partial charge in [0.15, 0.2) is 0 Å². The van der Waals surface area contributed by atoms with Gasteiger partial charge in [0.05, 0.1) is 6.10 Å². The first-order chi connectivity index (χ1) is 11.4. The van der Waals surface area contributed by atoms with Crippen molar-refractivity contribution in [3.63, 3.8) is 0 Å². The van der Waals surface area contributed by atoms with Crippen LogP contribution in [0.4, 0.5) is 14.3 Å². The number of benzene rings is 1. The molecule has 6 nitrogen and oxygen atoms in total. The predicted molar refractivity (Wildman–Crippen MR) is 91.8 cm³/mol. The predicted octanol–water partition coefficient (Wildman–Crippen LogP) is 2.81. The van der Waals surface area contributed by atoms with Gasteiger partial charge < -0.3 is 10.0 Å². The van der Waals surface area contributed by atoms with E-state index in [-0.39, 0.29) is 18.4 Å². The molecule has 1 heterocycles. The SMILES string of the molecule is CCN(C[C@H](C)O)C(=O)Nc1nnc(Cc2cc(C)cc(F)c2)s1. The van der Waals surface area contributed by atoms with Crippen LogP contribution < -0.4 is 5.32 Å². The van der Waals surface area contributed by atoms with Gasteiger partial charge in [0.25, 0.3) is 0 Å². The first kappa shape index (κ1) is 18.3. The third-order valence-corrected chi connectivity index (χ3v) is 4.13. The summed E-state index contributed by atoms with van der Waals surface area (Å²) in [6.45, 7) is 6.01. The maximum atomic E-state index is 13.4. The number of hydrogen-bond acceptors (Lipinski definition) is 5. The lowest BCUT2D eigenvalue weighted by atomic mass is 10.1. The summed E-state index contributed by atoms with van der Waals surface area (Å²) in [5, 5.41) is 21.1. The number of aromatic nitrogens is 2. The van der Waals surface area contributed by atoms with Gasteiger partial charge in [-0.2, -0.15) is 0 Å². The Balaban J connectivity index is 2.01. The molecule has 130 valence electrons. The quantitative estimate of drug-likeness (QED) is 0.838. The molecule has 2 aromatic rings. The van der Waals surface area contributed by atoms with Crippen LogP contribution in [0.15, 0.2) is 18.2 Å². The Morgan fingerprint density at radius 3 is 2.79 bits per heavy atom. The fraction of sp³-hybridized carbons (Fsp3) is 0.438. The lowest BCUT2D eigenvalue weighted by molar-refractivity contribution is 0.141. The van der Waals surface area contributed by atoms with Gasteiger partial charge in [0, 0.05) is 19.5 Å². The van der Waals surface area contributed by atoms with Gasteiger partial charge in [-0.1, -0.05) is 17.4 Å².